The molecule has 0 saturated heterocycles. The molecule has 5 nitrogen and oxygen atoms in total. The molecule has 5 heteroatoms. The fraction of sp³-hybridized carbons (Fsp3) is 0.231. The number of carboxylic acids is 1. The minimum Gasteiger partial charge on any atom is -0.488 e. The Morgan fingerprint density at radius 2 is 2.28 bits per heavy atom. The molecule has 1 heterocycles. The normalized spacial score (nSPS) is 10.3. The number of nitrogens with zero attached hydrogens (tertiary/aromatic N) is 2. The lowest BCUT2D eigenvalue weighted by atomic mass is 10.1. The lowest BCUT2D eigenvalue weighted by Crippen LogP contribution is -2.03. The Bertz CT molecular complexity index is 575. The van der Waals surface area contributed by atoms with Gasteiger partial charge in [-0.3, -0.25) is 4.68 Å². The summed E-state index contributed by atoms with van der Waals surface area (Å²) in [7, 11) is 1.82. The molecule has 1 N–H and O–H groups in total. The molecule has 0 bridgehead atoms. The van der Waals surface area contributed by atoms with Crippen LogP contribution in [0, 0.1) is 6.92 Å². The van der Waals surface area contributed by atoms with Gasteiger partial charge in [0, 0.05) is 18.8 Å². The van der Waals surface area contributed by atoms with E-state index in [2.05, 4.69) is 5.10 Å². The van der Waals surface area contributed by atoms with Gasteiger partial charge >= 0.3 is 5.97 Å². The van der Waals surface area contributed by atoms with Crippen LogP contribution in [0.5, 0.6) is 5.75 Å². The number of aromatic carboxylic acids is 1. The second kappa shape index (κ2) is 4.91. The van der Waals surface area contributed by atoms with Crippen molar-refractivity contribution in [3.8, 4) is 5.75 Å². The van der Waals surface area contributed by atoms with Crippen LogP contribution in [0.1, 0.15) is 21.5 Å². The highest BCUT2D eigenvalue weighted by Gasteiger charge is 2.11. The molecule has 2 aromatic rings. The number of rotatable bonds is 4. The Morgan fingerprint density at radius 1 is 1.50 bits per heavy atom. The van der Waals surface area contributed by atoms with Gasteiger partial charge in [-0.1, -0.05) is 6.07 Å². The fourth-order valence-corrected chi connectivity index (χ4v) is 1.63. The van der Waals surface area contributed by atoms with Gasteiger partial charge in [0.25, 0.3) is 0 Å². The topological polar surface area (TPSA) is 64.3 Å². The predicted octanol–water partition coefficient (Wildman–Crippen LogP) is 2.01. The van der Waals surface area contributed by atoms with E-state index in [0.717, 1.165) is 11.1 Å². The van der Waals surface area contributed by atoms with Crippen LogP contribution in [0.25, 0.3) is 0 Å². The van der Waals surface area contributed by atoms with E-state index in [1.165, 1.54) is 0 Å². The monoisotopic (exact) mass is 246 g/mol. The van der Waals surface area contributed by atoms with E-state index in [0.29, 0.717) is 12.4 Å². The van der Waals surface area contributed by atoms with Crippen molar-refractivity contribution in [2.45, 2.75) is 13.5 Å². The van der Waals surface area contributed by atoms with Crippen LogP contribution < -0.4 is 4.74 Å². The van der Waals surface area contributed by atoms with Crippen molar-refractivity contribution in [3.05, 3.63) is 47.3 Å². The predicted molar refractivity (Wildman–Crippen MR) is 65.7 cm³/mol. The van der Waals surface area contributed by atoms with E-state index in [-0.39, 0.29) is 5.56 Å². The second-order valence-corrected chi connectivity index (χ2v) is 4.12. The van der Waals surface area contributed by atoms with Crippen molar-refractivity contribution in [1.82, 2.24) is 9.78 Å². The van der Waals surface area contributed by atoms with Crippen molar-refractivity contribution >= 4 is 5.97 Å². The van der Waals surface area contributed by atoms with Crippen LogP contribution >= 0.6 is 0 Å². The number of benzene rings is 1. The number of hydrogen-bond donors (Lipinski definition) is 1. The molecule has 2 rings (SSSR count). The highest BCUT2D eigenvalue weighted by atomic mass is 16.5. The van der Waals surface area contributed by atoms with E-state index >= 15 is 0 Å². The summed E-state index contributed by atoms with van der Waals surface area (Å²) in [5.74, 6) is -0.609. The zero-order valence-electron chi connectivity index (χ0n) is 10.3. The average Bonchev–Trinajstić information content (AvgIpc) is 2.72. The lowest BCUT2D eigenvalue weighted by molar-refractivity contribution is 0.0692. The Balaban J connectivity index is 2.17. The van der Waals surface area contributed by atoms with Crippen LogP contribution in [0.15, 0.2) is 30.6 Å². The van der Waals surface area contributed by atoms with Crippen molar-refractivity contribution in [1.29, 1.82) is 0 Å². The molecule has 0 aliphatic heterocycles. The zero-order chi connectivity index (χ0) is 13.1. The number of ether oxygens (including phenoxy) is 1. The first-order valence-electron chi connectivity index (χ1n) is 5.50. The first-order chi connectivity index (χ1) is 8.56. The van der Waals surface area contributed by atoms with E-state index < -0.39 is 5.97 Å². The molecular formula is C13H14N2O3. The molecule has 0 atom stereocenters. The molecule has 18 heavy (non-hydrogen) atoms. The molecule has 0 aliphatic carbocycles. The summed E-state index contributed by atoms with van der Waals surface area (Å²) in [6.45, 7) is 2.19. The Kier molecular flexibility index (Phi) is 3.32. The maximum Gasteiger partial charge on any atom is 0.339 e. The summed E-state index contributed by atoms with van der Waals surface area (Å²) >= 11 is 0. The van der Waals surface area contributed by atoms with Crippen LogP contribution in [0.3, 0.4) is 0 Å². The summed E-state index contributed by atoms with van der Waals surface area (Å²) in [5, 5.41) is 13.1. The van der Waals surface area contributed by atoms with Gasteiger partial charge in [-0.05, 0) is 24.6 Å². The molecule has 1 aromatic heterocycles. The Labute approximate surface area is 105 Å². The number of aromatic nitrogens is 2. The third-order valence-corrected chi connectivity index (χ3v) is 2.52. The molecule has 1 aromatic carbocycles. The summed E-state index contributed by atoms with van der Waals surface area (Å²) < 4.78 is 7.22. The van der Waals surface area contributed by atoms with Gasteiger partial charge in [0.15, 0.2) is 0 Å². The summed E-state index contributed by atoms with van der Waals surface area (Å²) in [6, 6.07) is 5.02. The lowest BCUT2D eigenvalue weighted by Gasteiger charge is -2.08. The summed E-state index contributed by atoms with van der Waals surface area (Å²) in [4.78, 5) is 11.1. The fourth-order valence-electron chi connectivity index (χ4n) is 1.63. The van der Waals surface area contributed by atoms with Crippen LogP contribution in [0.4, 0.5) is 0 Å². The van der Waals surface area contributed by atoms with Gasteiger partial charge in [-0.25, -0.2) is 4.79 Å². The molecule has 0 radical (unpaired) electrons. The highest BCUT2D eigenvalue weighted by Crippen LogP contribution is 2.21. The molecule has 0 aliphatic rings. The van der Waals surface area contributed by atoms with Gasteiger partial charge < -0.3 is 9.84 Å². The van der Waals surface area contributed by atoms with Crippen LogP contribution in [-0.2, 0) is 13.7 Å². The molecule has 0 spiro atoms. The average molecular weight is 246 g/mol. The highest BCUT2D eigenvalue weighted by molar-refractivity contribution is 5.90. The maximum atomic E-state index is 11.1. The van der Waals surface area contributed by atoms with Crippen molar-refractivity contribution < 1.29 is 14.6 Å². The van der Waals surface area contributed by atoms with E-state index in [9.17, 15) is 4.79 Å². The van der Waals surface area contributed by atoms with E-state index in [1.54, 1.807) is 29.1 Å². The van der Waals surface area contributed by atoms with Gasteiger partial charge in [-0.2, -0.15) is 5.10 Å². The molecule has 0 saturated carbocycles. The van der Waals surface area contributed by atoms with Crippen molar-refractivity contribution in [3.63, 3.8) is 0 Å². The first kappa shape index (κ1) is 12.2. The smallest absolute Gasteiger partial charge is 0.339 e. The molecular weight excluding hydrogens is 232 g/mol. The first-order valence-corrected chi connectivity index (χ1v) is 5.50. The summed E-state index contributed by atoms with van der Waals surface area (Å²) in [6.07, 6.45) is 3.52. The number of carbonyl (C=O) groups is 1. The van der Waals surface area contributed by atoms with Gasteiger partial charge in [-0.15, -0.1) is 0 Å². The van der Waals surface area contributed by atoms with E-state index in [4.69, 9.17) is 9.84 Å². The Hall–Kier alpha value is -2.30. The third kappa shape index (κ3) is 2.68. The molecule has 0 unspecified atom stereocenters. The molecule has 0 amide bonds. The minimum atomic E-state index is -0.990. The number of hydrogen-bond acceptors (Lipinski definition) is 3. The maximum absolute atomic E-state index is 11.1. The standard InChI is InChI=1S/C13H14N2O3/c1-9-3-4-11(13(16)17)12(5-9)18-8-10-6-14-15(2)7-10/h3-7H,8H2,1-2H3,(H,16,17). The molecule has 94 valence electrons. The van der Waals surface area contributed by atoms with Crippen molar-refractivity contribution in [2.75, 3.05) is 0 Å². The Morgan fingerprint density at radius 3 is 2.89 bits per heavy atom. The zero-order valence-corrected chi connectivity index (χ0v) is 10.3. The summed E-state index contributed by atoms with van der Waals surface area (Å²) in [5.41, 5.74) is 2.03. The second-order valence-electron chi connectivity index (χ2n) is 4.12. The minimum absolute atomic E-state index is 0.171. The SMILES string of the molecule is Cc1ccc(C(=O)O)c(OCc2cnn(C)c2)c1. The van der Waals surface area contributed by atoms with Gasteiger partial charge in [0.1, 0.15) is 17.9 Å². The number of aryl methyl sites for hydroxylation is 2. The van der Waals surface area contributed by atoms with Gasteiger partial charge in [0.05, 0.1) is 6.20 Å². The van der Waals surface area contributed by atoms with Crippen molar-refractivity contribution in [2.24, 2.45) is 7.05 Å². The van der Waals surface area contributed by atoms with Crippen LogP contribution in [-0.4, -0.2) is 20.9 Å². The number of carboxylic acid groups (broad SMARTS) is 1. The largest absolute Gasteiger partial charge is 0.488 e. The van der Waals surface area contributed by atoms with Gasteiger partial charge in [0.2, 0.25) is 0 Å². The molecule has 0 fully saturated rings. The third-order valence-electron chi connectivity index (χ3n) is 2.52. The van der Waals surface area contributed by atoms with Crippen LogP contribution in [0.2, 0.25) is 0 Å². The van der Waals surface area contributed by atoms with E-state index in [1.807, 2.05) is 20.2 Å². The quantitative estimate of drug-likeness (QED) is 0.896.